The lowest BCUT2D eigenvalue weighted by Gasteiger charge is -2.21. The molecule has 150 valence electrons. The SMILES string of the molecule is CCOc1ccc(O)c(C(C)(C)C)c1.COc1ccc(O)cc1C(C)(C)C. The van der Waals surface area contributed by atoms with Crippen LogP contribution in [0, 0.1) is 0 Å². The molecule has 0 atom stereocenters. The third-order valence-corrected chi connectivity index (χ3v) is 4.08. The molecule has 0 saturated carbocycles. The summed E-state index contributed by atoms with van der Waals surface area (Å²) in [7, 11) is 1.64. The first kappa shape index (κ1) is 22.7. The van der Waals surface area contributed by atoms with Gasteiger partial charge in [0, 0.05) is 11.1 Å². The molecule has 0 bridgehead atoms. The van der Waals surface area contributed by atoms with Crippen LogP contribution < -0.4 is 9.47 Å². The number of phenols is 2. The third kappa shape index (κ3) is 6.70. The molecule has 27 heavy (non-hydrogen) atoms. The minimum absolute atomic E-state index is 0.00984. The molecular formula is C23H34O4. The maximum absolute atomic E-state index is 9.68. The summed E-state index contributed by atoms with van der Waals surface area (Å²) in [5, 5.41) is 19.0. The smallest absolute Gasteiger partial charge is 0.122 e. The first-order valence-electron chi connectivity index (χ1n) is 9.24. The second-order valence-electron chi connectivity index (χ2n) is 8.50. The highest BCUT2D eigenvalue weighted by Gasteiger charge is 2.19. The van der Waals surface area contributed by atoms with Crippen molar-refractivity contribution in [1.29, 1.82) is 0 Å². The average molecular weight is 375 g/mol. The summed E-state index contributed by atoms with van der Waals surface area (Å²) in [6.07, 6.45) is 0. The zero-order valence-electron chi connectivity index (χ0n) is 17.9. The lowest BCUT2D eigenvalue weighted by Crippen LogP contribution is -2.12. The van der Waals surface area contributed by atoms with Crippen LogP contribution in [0.4, 0.5) is 0 Å². The maximum atomic E-state index is 9.68. The summed E-state index contributed by atoms with van der Waals surface area (Å²) in [5.74, 6) is 2.26. The first-order chi connectivity index (χ1) is 12.4. The molecule has 0 fully saturated rings. The quantitative estimate of drug-likeness (QED) is 0.714. The Hall–Kier alpha value is -2.36. The number of methoxy groups -OCH3 is 1. The van der Waals surface area contributed by atoms with Crippen molar-refractivity contribution in [3.63, 3.8) is 0 Å². The number of hydrogen-bond donors (Lipinski definition) is 2. The summed E-state index contributed by atoms with van der Waals surface area (Å²) in [4.78, 5) is 0. The molecular weight excluding hydrogens is 340 g/mol. The Morgan fingerprint density at radius 3 is 1.89 bits per heavy atom. The van der Waals surface area contributed by atoms with Crippen LogP contribution in [0.1, 0.15) is 59.6 Å². The van der Waals surface area contributed by atoms with Crippen LogP contribution in [0.2, 0.25) is 0 Å². The molecule has 2 aromatic rings. The number of hydrogen-bond acceptors (Lipinski definition) is 4. The van der Waals surface area contributed by atoms with Gasteiger partial charge in [-0.05, 0) is 54.2 Å². The highest BCUT2D eigenvalue weighted by molar-refractivity contribution is 5.44. The van der Waals surface area contributed by atoms with Gasteiger partial charge in [-0.15, -0.1) is 0 Å². The maximum Gasteiger partial charge on any atom is 0.122 e. The second-order valence-corrected chi connectivity index (χ2v) is 8.50. The summed E-state index contributed by atoms with van der Waals surface area (Å²) in [5.41, 5.74) is 1.87. The summed E-state index contributed by atoms with van der Waals surface area (Å²) >= 11 is 0. The van der Waals surface area contributed by atoms with Gasteiger partial charge in [-0.25, -0.2) is 0 Å². The predicted octanol–water partition coefficient (Wildman–Crippen LogP) is 5.79. The predicted molar refractivity (Wildman–Crippen MR) is 111 cm³/mol. The molecule has 0 spiro atoms. The highest BCUT2D eigenvalue weighted by Crippen LogP contribution is 2.34. The molecule has 0 aromatic heterocycles. The van der Waals surface area contributed by atoms with Crippen LogP contribution in [-0.2, 0) is 10.8 Å². The van der Waals surface area contributed by atoms with Crippen molar-refractivity contribution in [1.82, 2.24) is 0 Å². The van der Waals surface area contributed by atoms with Crippen molar-refractivity contribution in [2.24, 2.45) is 0 Å². The van der Waals surface area contributed by atoms with Crippen molar-refractivity contribution >= 4 is 0 Å². The van der Waals surface area contributed by atoms with Gasteiger partial charge in [0.25, 0.3) is 0 Å². The first-order valence-corrected chi connectivity index (χ1v) is 9.24. The van der Waals surface area contributed by atoms with Gasteiger partial charge in [0.1, 0.15) is 23.0 Å². The van der Waals surface area contributed by atoms with Crippen LogP contribution in [0.5, 0.6) is 23.0 Å². The molecule has 0 aliphatic carbocycles. The van der Waals surface area contributed by atoms with Gasteiger partial charge in [0.05, 0.1) is 13.7 Å². The van der Waals surface area contributed by atoms with Crippen LogP contribution in [0.25, 0.3) is 0 Å². The van der Waals surface area contributed by atoms with Gasteiger partial charge >= 0.3 is 0 Å². The monoisotopic (exact) mass is 374 g/mol. The zero-order valence-corrected chi connectivity index (χ0v) is 17.9. The van der Waals surface area contributed by atoms with Crippen molar-refractivity contribution in [3.8, 4) is 23.0 Å². The van der Waals surface area contributed by atoms with E-state index in [2.05, 4.69) is 41.5 Å². The van der Waals surface area contributed by atoms with E-state index in [0.717, 1.165) is 22.6 Å². The Labute approximate surface area is 163 Å². The van der Waals surface area contributed by atoms with Gasteiger partial charge < -0.3 is 19.7 Å². The minimum atomic E-state index is -0.0583. The van der Waals surface area contributed by atoms with Gasteiger partial charge in [-0.2, -0.15) is 0 Å². The van der Waals surface area contributed by atoms with E-state index in [1.54, 1.807) is 37.4 Å². The minimum Gasteiger partial charge on any atom is -0.508 e. The Morgan fingerprint density at radius 1 is 0.815 bits per heavy atom. The van der Waals surface area contributed by atoms with E-state index >= 15 is 0 Å². The van der Waals surface area contributed by atoms with E-state index in [1.165, 1.54) is 0 Å². The molecule has 0 saturated heterocycles. The van der Waals surface area contributed by atoms with E-state index in [0.29, 0.717) is 12.4 Å². The van der Waals surface area contributed by atoms with Gasteiger partial charge in [-0.1, -0.05) is 41.5 Å². The largest absolute Gasteiger partial charge is 0.508 e. The molecule has 0 aliphatic heterocycles. The Kier molecular flexibility index (Phi) is 7.58. The summed E-state index contributed by atoms with van der Waals surface area (Å²) < 4.78 is 10.6. The summed E-state index contributed by atoms with van der Waals surface area (Å²) in [6.45, 7) is 15.1. The van der Waals surface area contributed by atoms with Gasteiger partial charge in [-0.3, -0.25) is 0 Å². The van der Waals surface area contributed by atoms with Crippen LogP contribution in [0.15, 0.2) is 36.4 Å². The molecule has 0 unspecified atom stereocenters. The van der Waals surface area contributed by atoms with E-state index < -0.39 is 0 Å². The van der Waals surface area contributed by atoms with E-state index in [4.69, 9.17) is 9.47 Å². The topological polar surface area (TPSA) is 58.9 Å². The molecule has 0 amide bonds. The Morgan fingerprint density at radius 2 is 1.41 bits per heavy atom. The lowest BCUT2D eigenvalue weighted by molar-refractivity contribution is 0.337. The Balaban J connectivity index is 0.000000271. The standard InChI is InChI=1S/C12H18O2.C11H16O2/c1-5-14-9-6-7-11(13)10(8-9)12(2,3)4;1-11(2,3)9-7-8(12)5-6-10(9)13-4/h6-8,13H,5H2,1-4H3;5-7,12H,1-4H3. The molecule has 2 rings (SSSR count). The van der Waals surface area contributed by atoms with Gasteiger partial charge in [0.2, 0.25) is 0 Å². The fourth-order valence-corrected chi connectivity index (χ4v) is 2.65. The fourth-order valence-electron chi connectivity index (χ4n) is 2.65. The van der Waals surface area contributed by atoms with E-state index in [1.807, 2.05) is 13.0 Å². The number of ether oxygens (including phenoxy) is 2. The Bertz CT molecular complexity index is 737. The molecule has 4 heteroatoms. The molecule has 0 aliphatic rings. The fraction of sp³-hybridized carbons (Fsp3) is 0.478. The van der Waals surface area contributed by atoms with E-state index in [-0.39, 0.29) is 16.6 Å². The van der Waals surface area contributed by atoms with Crippen LogP contribution in [-0.4, -0.2) is 23.9 Å². The van der Waals surface area contributed by atoms with Crippen molar-refractivity contribution < 1.29 is 19.7 Å². The zero-order chi connectivity index (χ0) is 20.8. The van der Waals surface area contributed by atoms with Crippen LogP contribution >= 0.6 is 0 Å². The molecule has 2 aromatic carbocycles. The van der Waals surface area contributed by atoms with Crippen LogP contribution in [0.3, 0.4) is 0 Å². The lowest BCUT2D eigenvalue weighted by atomic mass is 9.86. The third-order valence-electron chi connectivity index (χ3n) is 4.08. The van der Waals surface area contributed by atoms with Crippen molar-refractivity contribution in [2.45, 2.75) is 59.3 Å². The van der Waals surface area contributed by atoms with E-state index in [9.17, 15) is 10.2 Å². The highest BCUT2D eigenvalue weighted by atomic mass is 16.5. The molecule has 2 N–H and O–H groups in total. The van der Waals surface area contributed by atoms with Crippen molar-refractivity contribution in [2.75, 3.05) is 13.7 Å². The number of aromatic hydroxyl groups is 2. The van der Waals surface area contributed by atoms with Gasteiger partial charge in [0.15, 0.2) is 0 Å². The molecule has 0 heterocycles. The number of benzene rings is 2. The summed E-state index contributed by atoms with van der Waals surface area (Å²) in [6, 6.07) is 10.5. The van der Waals surface area contributed by atoms with Crippen molar-refractivity contribution in [3.05, 3.63) is 47.5 Å². The second kappa shape index (κ2) is 9.03. The molecule has 0 radical (unpaired) electrons. The number of phenolic OH excluding ortho intramolecular Hbond substituents is 2. The average Bonchev–Trinajstić information content (AvgIpc) is 2.55. The number of rotatable bonds is 3. The normalized spacial score (nSPS) is 11.4. The molecule has 4 nitrogen and oxygen atoms in total.